The lowest BCUT2D eigenvalue weighted by Crippen LogP contribution is -2.45. The molecule has 7 heteroatoms. The van der Waals surface area contributed by atoms with Crippen molar-refractivity contribution < 1.29 is 9.53 Å². The van der Waals surface area contributed by atoms with Crippen molar-refractivity contribution in [2.45, 2.75) is 19.9 Å². The summed E-state index contributed by atoms with van der Waals surface area (Å²) in [6.45, 7) is 4.40. The first-order chi connectivity index (χ1) is 13.0. The molecule has 1 aliphatic heterocycles. The second-order valence-electron chi connectivity index (χ2n) is 6.03. The summed E-state index contributed by atoms with van der Waals surface area (Å²) in [6.07, 6.45) is 0. The molecule has 0 radical (unpaired) electrons. The molecule has 1 atom stereocenters. The number of hydrogen-bond acceptors (Lipinski definition) is 3. The molecule has 0 saturated carbocycles. The minimum absolute atomic E-state index is 0.184. The summed E-state index contributed by atoms with van der Waals surface area (Å²) in [6, 6.07) is 14.8. The van der Waals surface area contributed by atoms with Crippen molar-refractivity contribution in [1.82, 2.24) is 10.6 Å². The Hall–Kier alpha value is -2.38. The predicted octanol–water partition coefficient (Wildman–Crippen LogP) is 4.28. The van der Waals surface area contributed by atoms with Gasteiger partial charge >= 0.3 is 0 Å². The van der Waals surface area contributed by atoms with Crippen molar-refractivity contribution in [3.63, 3.8) is 0 Å². The lowest BCUT2D eigenvalue weighted by atomic mass is 9.95. The van der Waals surface area contributed by atoms with Gasteiger partial charge in [0.1, 0.15) is 5.75 Å². The van der Waals surface area contributed by atoms with Crippen LogP contribution < -0.4 is 20.7 Å². The van der Waals surface area contributed by atoms with E-state index in [-0.39, 0.29) is 11.9 Å². The fourth-order valence-electron chi connectivity index (χ4n) is 2.90. The molecule has 5 nitrogen and oxygen atoms in total. The number of rotatable bonds is 5. The minimum Gasteiger partial charge on any atom is -0.494 e. The zero-order valence-corrected chi connectivity index (χ0v) is 17.4. The summed E-state index contributed by atoms with van der Waals surface area (Å²) >= 11 is 8.69. The zero-order valence-electron chi connectivity index (χ0n) is 15.0. The molecule has 2 aromatic carbocycles. The summed E-state index contributed by atoms with van der Waals surface area (Å²) in [5.74, 6) is 0.607. The van der Waals surface area contributed by atoms with Crippen LogP contribution in [-0.4, -0.2) is 17.6 Å². The van der Waals surface area contributed by atoms with Crippen molar-refractivity contribution in [3.8, 4) is 5.75 Å². The molecule has 1 amide bonds. The van der Waals surface area contributed by atoms with Gasteiger partial charge in [0.2, 0.25) is 0 Å². The molecule has 1 aliphatic rings. The van der Waals surface area contributed by atoms with Crippen LogP contribution in [-0.2, 0) is 4.79 Å². The number of allylic oxidation sites excluding steroid dienone is 1. The normalized spacial score (nSPS) is 16.4. The fraction of sp³-hybridized carbons (Fsp3) is 0.200. The van der Waals surface area contributed by atoms with E-state index in [1.54, 1.807) is 0 Å². The average molecular weight is 446 g/mol. The maximum absolute atomic E-state index is 13.0. The van der Waals surface area contributed by atoms with Crippen LogP contribution in [0.2, 0.25) is 0 Å². The molecule has 0 unspecified atom stereocenters. The van der Waals surface area contributed by atoms with E-state index in [9.17, 15) is 4.79 Å². The Morgan fingerprint density at radius 1 is 1.19 bits per heavy atom. The van der Waals surface area contributed by atoms with E-state index >= 15 is 0 Å². The van der Waals surface area contributed by atoms with Crippen LogP contribution in [0.3, 0.4) is 0 Å². The van der Waals surface area contributed by atoms with Crippen molar-refractivity contribution in [2.24, 2.45) is 0 Å². The van der Waals surface area contributed by atoms with Crippen molar-refractivity contribution in [3.05, 3.63) is 69.8 Å². The number of benzene rings is 2. The molecule has 0 fully saturated rings. The molecule has 0 spiro atoms. The van der Waals surface area contributed by atoms with Crippen molar-refractivity contribution in [2.75, 3.05) is 11.9 Å². The molecule has 0 aromatic heterocycles. The highest BCUT2D eigenvalue weighted by Crippen LogP contribution is 2.29. The van der Waals surface area contributed by atoms with Gasteiger partial charge in [-0.1, -0.05) is 28.1 Å². The number of ether oxygens (including phenoxy) is 1. The molecule has 140 valence electrons. The highest BCUT2D eigenvalue weighted by atomic mass is 79.9. The van der Waals surface area contributed by atoms with E-state index < -0.39 is 0 Å². The van der Waals surface area contributed by atoms with Gasteiger partial charge in [-0.05, 0) is 68.0 Å². The number of hydrogen-bond donors (Lipinski definition) is 3. The molecule has 3 rings (SSSR count). The van der Waals surface area contributed by atoms with E-state index in [1.807, 2.05) is 62.4 Å². The van der Waals surface area contributed by atoms with Gasteiger partial charge in [0.15, 0.2) is 5.11 Å². The SMILES string of the molecule is CCOc1ccc([C@H]2NC(=S)NC(C)=C2C(=O)Nc2ccc(Br)cc2)cc1. The molecule has 0 bridgehead atoms. The Morgan fingerprint density at radius 2 is 1.85 bits per heavy atom. The van der Waals surface area contributed by atoms with Crippen LogP contribution in [0.4, 0.5) is 5.69 Å². The van der Waals surface area contributed by atoms with Gasteiger partial charge in [0, 0.05) is 15.9 Å². The van der Waals surface area contributed by atoms with Gasteiger partial charge in [0.25, 0.3) is 5.91 Å². The summed E-state index contributed by atoms with van der Waals surface area (Å²) in [7, 11) is 0. The Labute approximate surface area is 172 Å². The molecule has 3 N–H and O–H groups in total. The lowest BCUT2D eigenvalue weighted by molar-refractivity contribution is -0.113. The van der Waals surface area contributed by atoms with Crippen LogP contribution >= 0.6 is 28.1 Å². The lowest BCUT2D eigenvalue weighted by Gasteiger charge is -2.30. The van der Waals surface area contributed by atoms with E-state index in [4.69, 9.17) is 17.0 Å². The predicted molar refractivity (Wildman–Crippen MR) is 115 cm³/mol. The third-order valence-corrected chi connectivity index (χ3v) is 4.89. The number of carbonyl (C=O) groups is 1. The first kappa shape index (κ1) is 19.4. The topological polar surface area (TPSA) is 62.4 Å². The smallest absolute Gasteiger partial charge is 0.255 e. The second-order valence-corrected chi connectivity index (χ2v) is 7.36. The molecule has 2 aromatic rings. The second kappa shape index (κ2) is 8.54. The van der Waals surface area contributed by atoms with Crippen LogP contribution in [0.1, 0.15) is 25.5 Å². The zero-order chi connectivity index (χ0) is 19.4. The first-order valence-electron chi connectivity index (χ1n) is 8.56. The quantitative estimate of drug-likeness (QED) is 0.599. The maximum atomic E-state index is 13.0. The standard InChI is InChI=1S/C20H20BrN3O2S/c1-3-26-16-10-4-13(5-11-16)18-17(12(2)22-20(27)24-18)19(25)23-15-8-6-14(21)7-9-15/h4-11,18H,3H2,1-2H3,(H,23,25)(H2,22,24,27)/t18-/m1/s1. The van der Waals surface area contributed by atoms with E-state index in [0.29, 0.717) is 17.3 Å². The molecule has 0 saturated heterocycles. The summed E-state index contributed by atoms with van der Waals surface area (Å²) in [5.41, 5.74) is 2.98. The van der Waals surface area contributed by atoms with Crippen molar-refractivity contribution in [1.29, 1.82) is 0 Å². The monoisotopic (exact) mass is 445 g/mol. The third-order valence-electron chi connectivity index (χ3n) is 4.14. The number of thiocarbonyl (C=S) groups is 1. The van der Waals surface area contributed by atoms with E-state index in [0.717, 1.165) is 27.2 Å². The van der Waals surface area contributed by atoms with Gasteiger partial charge in [-0.15, -0.1) is 0 Å². The Balaban J connectivity index is 1.89. The van der Waals surface area contributed by atoms with E-state index in [2.05, 4.69) is 31.9 Å². The number of nitrogens with one attached hydrogen (secondary N) is 3. The number of amides is 1. The summed E-state index contributed by atoms with van der Waals surface area (Å²) < 4.78 is 6.45. The largest absolute Gasteiger partial charge is 0.494 e. The van der Waals surface area contributed by atoms with Gasteiger partial charge in [0.05, 0.1) is 18.2 Å². The molecular weight excluding hydrogens is 426 g/mol. The Kier molecular flexibility index (Phi) is 6.13. The Morgan fingerprint density at radius 3 is 2.48 bits per heavy atom. The van der Waals surface area contributed by atoms with Gasteiger partial charge in [-0.3, -0.25) is 4.79 Å². The van der Waals surface area contributed by atoms with Gasteiger partial charge in [-0.2, -0.15) is 0 Å². The van der Waals surface area contributed by atoms with Crippen molar-refractivity contribution >= 4 is 44.9 Å². The third kappa shape index (κ3) is 4.67. The molecule has 27 heavy (non-hydrogen) atoms. The highest BCUT2D eigenvalue weighted by molar-refractivity contribution is 9.10. The van der Waals surface area contributed by atoms with Crippen LogP contribution in [0.5, 0.6) is 5.75 Å². The van der Waals surface area contributed by atoms with E-state index in [1.165, 1.54) is 0 Å². The number of carbonyl (C=O) groups excluding carboxylic acids is 1. The Bertz CT molecular complexity index is 879. The average Bonchev–Trinajstić information content (AvgIpc) is 2.64. The maximum Gasteiger partial charge on any atom is 0.255 e. The number of anilines is 1. The van der Waals surface area contributed by atoms with Crippen LogP contribution in [0, 0.1) is 0 Å². The van der Waals surface area contributed by atoms with Crippen LogP contribution in [0.25, 0.3) is 0 Å². The molecule has 0 aliphatic carbocycles. The molecular formula is C20H20BrN3O2S. The number of halogens is 1. The minimum atomic E-state index is -0.343. The van der Waals surface area contributed by atoms with Gasteiger partial charge < -0.3 is 20.7 Å². The summed E-state index contributed by atoms with van der Waals surface area (Å²) in [4.78, 5) is 13.0. The molecule has 1 heterocycles. The highest BCUT2D eigenvalue weighted by Gasteiger charge is 2.29. The van der Waals surface area contributed by atoms with Crippen LogP contribution in [0.15, 0.2) is 64.3 Å². The fourth-order valence-corrected chi connectivity index (χ4v) is 3.43. The summed E-state index contributed by atoms with van der Waals surface area (Å²) in [5, 5.41) is 9.68. The van der Waals surface area contributed by atoms with Gasteiger partial charge in [-0.25, -0.2) is 0 Å². The first-order valence-corrected chi connectivity index (χ1v) is 9.76.